The first-order valence-corrected chi connectivity index (χ1v) is 10.6. The number of hydrogen-bond acceptors (Lipinski definition) is 4. The number of nitrogens with zero attached hydrogens (tertiary/aromatic N) is 1. The van der Waals surface area contributed by atoms with Crippen molar-refractivity contribution >= 4 is 55.0 Å². The maximum absolute atomic E-state index is 13.1. The van der Waals surface area contributed by atoms with Gasteiger partial charge in [0.2, 0.25) is 0 Å². The second kappa shape index (κ2) is 7.02. The summed E-state index contributed by atoms with van der Waals surface area (Å²) >= 11 is 6.92. The van der Waals surface area contributed by atoms with E-state index in [1.165, 1.54) is 0 Å². The third kappa shape index (κ3) is 3.18. The Morgan fingerprint density at radius 1 is 1.24 bits per heavy atom. The highest BCUT2D eigenvalue weighted by Gasteiger charge is 2.32. The molecular formula is C19H16BrNO2S2. The van der Waals surface area contributed by atoms with Crippen LogP contribution >= 0.6 is 39.0 Å². The van der Waals surface area contributed by atoms with Crippen molar-refractivity contribution in [2.45, 2.75) is 5.37 Å². The van der Waals surface area contributed by atoms with Gasteiger partial charge < -0.3 is 9.64 Å². The van der Waals surface area contributed by atoms with Gasteiger partial charge in [-0.25, -0.2) is 0 Å². The lowest BCUT2D eigenvalue weighted by Gasteiger charge is -2.24. The molecule has 1 unspecified atom stereocenters. The fraction of sp³-hybridized carbons (Fsp3) is 0.211. The molecule has 6 heteroatoms. The predicted octanol–water partition coefficient (Wildman–Crippen LogP) is 5.56. The smallest absolute Gasteiger partial charge is 0.265 e. The number of benzene rings is 2. The Kier molecular flexibility index (Phi) is 4.75. The maximum Gasteiger partial charge on any atom is 0.265 e. The molecule has 3 aromatic rings. The lowest BCUT2D eigenvalue weighted by Crippen LogP contribution is -2.29. The molecule has 3 nitrogen and oxygen atoms in total. The molecule has 1 aromatic heterocycles. The second-order valence-electron chi connectivity index (χ2n) is 5.76. The third-order valence-electron chi connectivity index (χ3n) is 4.25. The topological polar surface area (TPSA) is 29.5 Å². The Morgan fingerprint density at radius 3 is 2.84 bits per heavy atom. The summed E-state index contributed by atoms with van der Waals surface area (Å²) in [5, 5.41) is 1.17. The molecule has 2 heterocycles. The molecule has 1 amide bonds. The van der Waals surface area contributed by atoms with Crippen molar-refractivity contribution in [3.63, 3.8) is 0 Å². The van der Waals surface area contributed by atoms with Gasteiger partial charge in [-0.1, -0.05) is 24.3 Å². The number of thiophene rings is 1. The van der Waals surface area contributed by atoms with Crippen LogP contribution in [0.25, 0.3) is 10.1 Å². The lowest BCUT2D eigenvalue weighted by molar-refractivity contribution is 0.0765. The number of methoxy groups -OCH3 is 1. The van der Waals surface area contributed by atoms with Crippen LogP contribution in [0.1, 0.15) is 20.6 Å². The number of ether oxygens (including phenoxy) is 1. The number of thioether (sulfide) groups is 1. The summed E-state index contributed by atoms with van der Waals surface area (Å²) in [7, 11) is 1.65. The summed E-state index contributed by atoms with van der Waals surface area (Å²) in [6.45, 7) is 0.770. The molecule has 0 bridgehead atoms. The average molecular weight is 434 g/mol. The van der Waals surface area contributed by atoms with Crippen LogP contribution in [0.2, 0.25) is 0 Å². The zero-order valence-corrected chi connectivity index (χ0v) is 16.8. The number of carbonyl (C=O) groups is 1. The van der Waals surface area contributed by atoms with Gasteiger partial charge in [-0.3, -0.25) is 4.79 Å². The summed E-state index contributed by atoms with van der Waals surface area (Å²) < 4.78 is 7.37. The number of carbonyl (C=O) groups excluding carboxylic acids is 1. The third-order valence-corrected chi connectivity index (χ3v) is 7.23. The molecule has 25 heavy (non-hydrogen) atoms. The Labute approximate surface area is 163 Å². The van der Waals surface area contributed by atoms with Crippen LogP contribution in [0.15, 0.2) is 53.0 Å². The van der Waals surface area contributed by atoms with Crippen LogP contribution in [0.4, 0.5) is 0 Å². The van der Waals surface area contributed by atoms with E-state index in [-0.39, 0.29) is 11.3 Å². The standard InChI is InChI=1S/C19H16BrNO2S2/c1-23-15-7-6-13(10-14(15)20)19-21(8-9-24-19)18(22)17-11-12-4-2-3-5-16(12)25-17/h2-7,10-11,19H,8-9H2,1H3. The van der Waals surface area contributed by atoms with E-state index in [4.69, 9.17) is 4.74 Å². The first-order chi connectivity index (χ1) is 12.2. The fourth-order valence-corrected chi connectivity index (χ4v) is 5.84. The first kappa shape index (κ1) is 16.9. The molecule has 0 spiro atoms. The first-order valence-electron chi connectivity index (χ1n) is 7.92. The Morgan fingerprint density at radius 2 is 2.08 bits per heavy atom. The zero-order valence-electron chi connectivity index (χ0n) is 13.6. The molecule has 2 aromatic carbocycles. The second-order valence-corrected chi connectivity index (χ2v) is 8.89. The summed E-state index contributed by atoms with van der Waals surface area (Å²) in [6.07, 6.45) is 0. The molecule has 1 atom stereocenters. The van der Waals surface area contributed by atoms with Crippen LogP contribution in [0.3, 0.4) is 0 Å². The summed E-state index contributed by atoms with van der Waals surface area (Å²) in [4.78, 5) is 15.9. The fourth-order valence-electron chi connectivity index (χ4n) is 3.02. The van der Waals surface area contributed by atoms with Crippen LogP contribution in [0.5, 0.6) is 5.75 Å². The van der Waals surface area contributed by atoms with E-state index in [2.05, 4.69) is 28.1 Å². The zero-order chi connectivity index (χ0) is 17.4. The highest BCUT2D eigenvalue weighted by Crippen LogP contribution is 2.41. The van der Waals surface area contributed by atoms with E-state index in [1.54, 1.807) is 30.2 Å². The Hall–Kier alpha value is -1.50. The summed E-state index contributed by atoms with van der Waals surface area (Å²) in [5.74, 6) is 1.86. The van der Waals surface area contributed by atoms with Gasteiger partial charge in [0.25, 0.3) is 5.91 Å². The SMILES string of the molecule is COc1ccc(C2SCCN2C(=O)c2cc3ccccc3s2)cc1Br. The van der Waals surface area contributed by atoms with E-state index in [1.807, 2.05) is 41.3 Å². The summed E-state index contributed by atoms with van der Waals surface area (Å²) in [6, 6.07) is 16.2. The number of hydrogen-bond donors (Lipinski definition) is 0. The molecular weight excluding hydrogens is 418 g/mol. The van der Waals surface area contributed by atoms with E-state index in [9.17, 15) is 4.79 Å². The maximum atomic E-state index is 13.1. The van der Waals surface area contributed by atoms with E-state index < -0.39 is 0 Å². The van der Waals surface area contributed by atoms with Gasteiger partial charge in [-0.05, 0) is 51.1 Å². The van der Waals surface area contributed by atoms with Crippen molar-refractivity contribution < 1.29 is 9.53 Å². The highest BCUT2D eigenvalue weighted by molar-refractivity contribution is 9.10. The minimum atomic E-state index is 0.0416. The number of amides is 1. The van der Waals surface area contributed by atoms with Crippen molar-refractivity contribution in [3.8, 4) is 5.75 Å². The minimum Gasteiger partial charge on any atom is -0.496 e. The Balaban J connectivity index is 1.64. The number of rotatable bonds is 3. The molecule has 1 aliphatic heterocycles. The highest BCUT2D eigenvalue weighted by atomic mass is 79.9. The molecule has 0 N–H and O–H groups in total. The largest absolute Gasteiger partial charge is 0.496 e. The molecule has 1 fully saturated rings. The van der Waals surface area contributed by atoms with Crippen LogP contribution < -0.4 is 4.74 Å². The van der Waals surface area contributed by atoms with E-state index in [0.29, 0.717) is 0 Å². The number of fused-ring (bicyclic) bond motifs is 1. The van der Waals surface area contributed by atoms with Gasteiger partial charge in [0, 0.05) is 17.0 Å². The van der Waals surface area contributed by atoms with E-state index >= 15 is 0 Å². The van der Waals surface area contributed by atoms with Crippen molar-refractivity contribution in [2.24, 2.45) is 0 Å². The molecule has 0 radical (unpaired) electrons. The molecule has 4 rings (SSSR count). The monoisotopic (exact) mass is 433 g/mol. The van der Waals surface area contributed by atoms with Crippen LogP contribution in [-0.2, 0) is 0 Å². The van der Waals surface area contributed by atoms with Gasteiger partial charge in [0.15, 0.2) is 0 Å². The molecule has 0 aliphatic carbocycles. The van der Waals surface area contributed by atoms with Gasteiger partial charge >= 0.3 is 0 Å². The molecule has 1 aliphatic rings. The Bertz CT molecular complexity index is 907. The quantitative estimate of drug-likeness (QED) is 0.541. The van der Waals surface area contributed by atoms with Gasteiger partial charge in [0.05, 0.1) is 16.5 Å². The molecule has 0 saturated carbocycles. The molecule has 128 valence electrons. The van der Waals surface area contributed by atoms with Crippen LogP contribution in [-0.4, -0.2) is 30.2 Å². The van der Waals surface area contributed by atoms with Crippen LogP contribution in [0, 0.1) is 0 Å². The van der Waals surface area contributed by atoms with Crippen molar-refractivity contribution in [2.75, 3.05) is 19.4 Å². The van der Waals surface area contributed by atoms with Crippen molar-refractivity contribution in [3.05, 3.63) is 63.4 Å². The normalized spacial score (nSPS) is 17.2. The van der Waals surface area contributed by atoms with E-state index in [0.717, 1.165) is 43.0 Å². The van der Waals surface area contributed by atoms with Crippen molar-refractivity contribution in [1.29, 1.82) is 0 Å². The predicted molar refractivity (Wildman–Crippen MR) is 109 cm³/mol. The molecule has 1 saturated heterocycles. The lowest BCUT2D eigenvalue weighted by atomic mass is 10.2. The van der Waals surface area contributed by atoms with Gasteiger partial charge in [-0.15, -0.1) is 23.1 Å². The summed E-state index contributed by atoms with van der Waals surface area (Å²) in [5.41, 5.74) is 1.12. The average Bonchev–Trinajstić information content (AvgIpc) is 3.28. The van der Waals surface area contributed by atoms with Crippen molar-refractivity contribution in [1.82, 2.24) is 4.90 Å². The van der Waals surface area contributed by atoms with Gasteiger partial charge in [-0.2, -0.15) is 0 Å². The van der Waals surface area contributed by atoms with Gasteiger partial charge in [0.1, 0.15) is 11.1 Å². The number of halogens is 1. The minimum absolute atomic E-state index is 0.0416.